The largest absolute Gasteiger partial charge is 0.409 e. The van der Waals surface area contributed by atoms with Crippen LogP contribution in [0.2, 0.25) is 0 Å². The quantitative estimate of drug-likeness (QED) is 0.251. The summed E-state index contributed by atoms with van der Waals surface area (Å²) < 4.78 is 21.9. The van der Waals surface area contributed by atoms with Gasteiger partial charge in [0, 0.05) is 24.8 Å². The highest BCUT2D eigenvalue weighted by atomic mass is 32.2. The molecule has 0 aliphatic carbocycles. The predicted octanol–water partition coefficient (Wildman–Crippen LogP) is -0.466. The van der Waals surface area contributed by atoms with Crippen LogP contribution in [0, 0.1) is 0 Å². The number of rotatable bonds is 6. The Bertz CT molecular complexity index is 313. The van der Waals surface area contributed by atoms with E-state index in [4.69, 9.17) is 10.9 Å². The van der Waals surface area contributed by atoms with E-state index in [0.29, 0.717) is 6.42 Å². The maximum Gasteiger partial charge on any atom is 0.148 e. The molecule has 0 fully saturated rings. The van der Waals surface area contributed by atoms with Crippen molar-refractivity contribution in [3.63, 3.8) is 0 Å². The zero-order valence-corrected chi connectivity index (χ0v) is 10.1. The number of nitrogens with one attached hydrogen (secondary N) is 1. The topological polar surface area (TPSA) is 105 Å². The van der Waals surface area contributed by atoms with Crippen molar-refractivity contribution in [3.8, 4) is 0 Å². The van der Waals surface area contributed by atoms with Crippen molar-refractivity contribution < 1.29 is 13.6 Å². The average molecular weight is 237 g/mol. The minimum atomic E-state index is -2.98. The van der Waals surface area contributed by atoms with Gasteiger partial charge in [0.05, 0.1) is 5.75 Å². The summed E-state index contributed by atoms with van der Waals surface area (Å²) in [5.74, 6) is 0.203. The highest BCUT2D eigenvalue weighted by Crippen LogP contribution is 1.96. The number of sulfone groups is 1. The second kappa shape index (κ2) is 5.92. The summed E-state index contributed by atoms with van der Waals surface area (Å²) >= 11 is 0. The van der Waals surface area contributed by atoms with Crippen LogP contribution in [0.5, 0.6) is 0 Å². The lowest BCUT2D eigenvalue weighted by Gasteiger charge is -2.18. The van der Waals surface area contributed by atoms with Crippen molar-refractivity contribution in [2.24, 2.45) is 10.9 Å². The summed E-state index contributed by atoms with van der Waals surface area (Å²) in [7, 11) is -2.98. The van der Waals surface area contributed by atoms with Crippen LogP contribution in [0.1, 0.15) is 20.3 Å². The molecule has 90 valence electrons. The Balaban J connectivity index is 4.02. The van der Waals surface area contributed by atoms with Crippen LogP contribution >= 0.6 is 0 Å². The molecule has 0 aliphatic rings. The van der Waals surface area contributed by atoms with Crippen LogP contribution in [-0.2, 0) is 9.84 Å². The van der Waals surface area contributed by atoms with Crippen molar-refractivity contribution >= 4 is 15.7 Å². The molecular weight excluding hydrogens is 218 g/mol. The summed E-state index contributed by atoms with van der Waals surface area (Å²) in [4.78, 5) is 0. The highest BCUT2D eigenvalue weighted by molar-refractivity contribution is 7.90. The number of nitrogens with zero attached hydrogens (tertiary/aromatic N) is 1. The van der Waals surface area contributed by atoms with Gasteiger partial charge in [0.1, 0.15) is 15.7 Å². The van der Waals surface area contributed by atoms with E-state index in [9.17, 15) is 8.42 Å². The third kappa shape index (κ3) is 8.19. The Morgan fingerprint density at radius 3 is 2.40 bits per heavy atom. The van der Waals surface area contributed by atoms with Gasteiger partial charge >= 0.3 is 0 Å². The van der Waals surface area contributed by atoms with E-state index in [0.717, 1.165) is 0 Å². The standard InChI is InChI=1S/C8H19N3O3S/c1-6(4-8(9)11-12)10-7(2)5-15(3,13)14/h6-7,10,12H,4-5H2,1-3H3,(H2,9,11). The van der Waals surface area contributed by atoms with Gasteiger partial charge in [-0.05, 0) is 13.8 Å². The van der Waals surface area contributed by atoms with Gasteiger partial charge in [0.2, 0.25) is 0 Å². The first-order chi connectivity index (χ1) is 6.74. The van der Waals surface area contributed by atoms with Crippen LogP contribution in [0.4, 0.5) is 0 Å². The Kier molecular flexibility index (Phi) is 5.59. The molecule has 0 saturated heterocycles. The smallest absolute Gasteiger partial charge is 0.148 e. The van der Waals surface area contributed by atoms with Crippen molar-refractivity contribution in [3.05, 3.63) is 0 Å². The van der Waals surface area contributed by atoms with Crippen molar-refractivity contribution in [1.82, 2.24) is 5.32 Å². The fourth-order valence-electron chi connectivity index (χ4n) is 1.40. The molecule has 0 saturated carbocycles. The Morgan fingerprint density at radius 2 is 2.00 bits per heavy atom. The first kappa shape index (κ1) is 14.2. The third-order valence-electron chi connectivity index (χ3n) is 1.77. The molecule has 6 nitrogen and oxygen atoms in total. The predicted molar refractivity (Wildman–Crippen MR) is 59.8 cm³/mol. The van der Waals surface area contributed by atoms with Gasteiger partial charge in [0.25, 0.3) is 0 Å². The van der Waals surface area contributed by atoms with E-state index in [1.54, 1.807) is 6.92 Å². The number of nitrogens with two attached hydrogens (primary N) is 1. The van der Waals surface area contributed by atoms with Crippen LogP contribution in [0.3, 0.4) is 0 Å². The minimum absolute atomic E-state index is 0.0300. The van der Waals surface area contributed by atoms with E-state index >= 15 is 0 Å². The maximum atomic E-state index is 11.0. The van der Waals surface area contributed by atoms with Crippen LogP contribution in [0.15, 0.2) is 5.16 Å². The molecule has 0 aromatic heterocycles. The van der Waals surface area contributed by atoms with Gasteiger partial charge in [-0.2, -0.15) is 0 Å². The molecule has 15 heavy (non-hydrogen) atoms. The molecule has 0 bridgehead atoms. The van der Waals surface area contributed by atoms with E-state index in [1.165, 1.54) is 6.26 Å². The Hall–Kier alpha value is -0.820. The molecule has 0 aromatic rings. The van der Waals surface area contributed by atoms with Gasteiger partial charge in [0.15, 0.2) is 0 Å². The van der Waals surface area contributed by atoms with Gasteiger partial charge in [-0.15, -0.1) is 0 Å². The molecule has 0 rings (SSSR count). The molecule has 0 aromatic carbocycles. The first-order valence-electron chi connectivity index (χ1n) is 4.64. The SMILES string of the molecule is CC(CC(N)=NO)NC(C)CS(C)(=O)=O. The average Bonchev–Trinajstić information content (AvgIpc) is 1.99. The molecule has 0 heterocycles. The molecule has 0 aliphatic heterocycles. The number of hydrogen-bond donors (Lipinski definition) is 3. The molecule has 7 heteroatoms. The summed E-state index contributed by atoms with van der Waals surface area (Å²) in [6.45, 7) is 3.63. The van der Waals surface area contributed by atoms with Crippen LogP contribution in [-0.4, -0.2) is 43.6 Å². The van der Waals surface area contributed by atoms with Gasteiger partial charge in [-0.3, -0.25) is 0 Å². The summed E-state index contributed by atoms with van der Waals surface area (Å²) in [6, 6.07) is -0.181. The minimum Gasteiger partial charge on any atom is -0.409 e. The van der Waals surface area contributed by atoms with Gasteiger partial charge < -0.3 is 16.3 Å². The summed E-state index contributed by atoms with van der Waals surface area (Å²) in [5, 5.41) is 14.2. The molecule has 4 N–H and O–H groups in total. The van der Waals surface area contributed by atoms with Gasteiger partial charge in [-0.1, -0.05) is 5.16 Å². The highest BCUT2D eigenvalue weighted by Gasteiger charge is 2.13. The van der Waals surface area contributed by atoms with Crippen LogP contribution in [0.25, 0.3) is 0 Å². The van der Waals surface area contributed by atoms with Crippen molar-refractivity contribution in [1.29, 1.82) is 0 Å². The zero-order valence-electron chi connectivity index (χ0n) is 9.27. The number of oxime groups is 1. The molecular formula is C8H19N3O3S. The second-order valence-corrected chi connectivity index (χ2v) is 6.04. The van der Waals surface area contributed by atoms with E-state index in [-0.39, 0.29) is 23.7 Å². The summed E-state index contributed by atoms with van der Waals surface area (Å²) in [5.41, 5.74) is 5.32. The molecule has 0 radical (unpaired) electrons. The molecule has 2 unspecified atom stereocenters. The van der Waals surface area contributed by atoms with E-state index in [2.05, 4.69) is 10.5 Å². The Morgan fingerprint density at radius 1 is 1.47 bits per heavy atom. The van der Waals surface area contributed by atoms with E-state index in [1.807, 2.05) is 6.92 Å². The number of hydrogen-bond acceptors (Lipinski definition) is 5. The molecule has 0 spiro atoms. The lowest BCUT2D eigenvalue weighted by Crippen LogP contribution is -2.40. The third-order valence-corrected chi connectivity index (χ3v) is 2.87. The van der Waals surface area contributed by atoms with Crippen molar-refractivity contribution in [2.75, 3.05) is 12.0 Å². The lowest BCUT2D eigenvalue weighted by atomic mass is 10.2. The monoisotopic (exact) mass is 237 g/mol. The molecule has 0 amide bonds. The normalized spacial score (nSPS) is 17.4. The lowest BCUT2D eigenvalue weighted by molar-refractivity contribution is 0.315. The zero-order chi connectivity index (χ0) is 12.1. The fraction of sp³-hybridized carbons (Fsp3) is 0.875. The maximum absolute atomic E-state index is 11.0. The van der Waals surface area contributed by atoms with Gasteiger partial charge in [-0.25, -0.2) is 8.42 Å². The van der Waals surface area contributed by atoms with Crippen LogP contribution < -0.4 is 11.1 Å². The number of amidine groups is 1. The second-order valence-electron chi connectivity index (χ2n) is 3.86. The van der Waals surface area contributed by atoms with E-state index < -0.39 is 9.84 Å². The first-order valence-corrected chi connectivity index (χ1v) is 6.71. The van der Waals surface area contributed by atoms with Crippen molar-refractivity contribution in [2.45, 2.75) is 32.4 Å². The fourth-order valence-corrected chi connectivity index (χ4v) is 2.41. The Labute approximate surface area is 90.5 Å². The summed E-state index contributed by atoms with van der Waals surface area (Å²) in [6.07, 6.45) is 1.57. The molecule has 2 atom stereocenters.